The number of aromatic nitrogens is 2. The van der Waals surface area contributed by atoms with Gasteiger partial charge >= 0.3 is 6.09 Å². The van der Waals surface area contributed by atoms with Gasteiger partial charge in [0.2, 0.25) is 0 Å². The van der Waals surface area contributed by atoms with Gasteiger partial charge in [0.05, 0.1) is 29.7 Å². The minimum Gasteiger partial charge on any atom is -0.444 e. The summed E-state index contributed by atoms with van der Waals surface area (Å²) >= 11 is 3.55. The summed E-state index contributed by atoms with van der Waals surface area (Å²) in [6, 6.07) is 5.81. The zero-order valence-corrected chi connectivity index (χ0v) is 17.2. The highest BCUT2D eigenvalue weighted by atomic mass is 79.9. The molecule has 1 heterocycles. The Morgan fingerprint density at radius 2 is 2.00 bits per heavy atom. The van der Waals surface area contributed by atoms with Crippen LogP contribution in [-0.4, -0.2) is 50.4 Å². The van der Waals surface area contributed by atoms with Gasteiger partial charge in [0.25, 0.3) is 0 Å². The minimum absolute atomic E-state index is 0.144. The molecule has 0 aliphatic carbocycles. The number of para-hydroxylation sites is 1. The molecule has 138 valence electrons. The van der Waals surface area contributed by atoms with E-state index in [1.165, 1.54) is 4.90 Å². The lowest BCUT2D eigenvalue weighted by Gasteiger charge is -2.31. The van der Waals surface area contributed by atoms with E-state index in [0.717, 1.165) is 21.3 Å². The fourth-order valence-electron chi connectivity index (χ4n) is 2.76. The van der Waals surface area contributed by atoms with E-state index >= 15 is 0 Å². The van der Waals surface area contributed by atoms with Crippen molar-refractivity contribution in [3.05, 3.63) is 28.5 Å². The highest BCUT2D eigenvalue weighted by Crippen LogP contribution is 2.26. The molecular weight excluding hydrogens is 386 g/mol. The number of amides is 1. The van der Waals surface area contributed by atoms with Crippen LogP contribution < -0.4 is 0 Å². The molecule has 1 aromatic carbocycles. The molecule has 0 saturated carbocycles. The maximum absolute atomic E-state index is 12.1. The van der Waals surface area contributed by atoms with Crippen LogP contribution in [0.15, 0.2) is 22.7 Å². The van der Waals surface area contributed by atoms with Crippen molar-refractivity contribution >= 4 is 33.1 Å². The van der Waals surface area contributed by atoms with Gasteiger partial charge in [-0.1, -0.05) is 6.07 Å². The zero-order valence-electron chi connectivity index (χ0n) is 15.6. The Labute approximate surface area is 156 Å². The lowest BCUT2D eigenvalue weighted by molar-refractivity contribution is -0.0104. The monoisotopic (exact) mass is 411 g/mol. The molecule has 0 fully saturated rings. The predicted octanol–water partition coefficient (Wildman–Crippen LogP) is 3.73. The van der Waals surface area contributed by atoms with Gasteiger partial charge in [-0.2, -0.15) is 0 Å². The molecule has 25 heavy (non-hydrogen) atoms. The number of carbonyl (C=O) groups excluding carboxylic acids is 1. The molecule has 0 spiro atoms. The second kappa shape index (κ2) is 6.96. The molecule has 0 radical (unpaired) electrons. The number of benzene rings is 1. The van der Waals surface area contributed by atoms with Gasteiger partial charge in [-0.25, -0.2) is 9.78 Å². The van der Waals surface area contributed by atoms with Crippen LogP contribution in [0.2, 0.25) is 0 Å². The number of ether oxygens (including phenoxy) is 1. The highest BCUT2D eigenvalue weighted by Gasteiger charge is 2.29. The molecular formula is C18H26BrN3O3. The average molecular weight is 412 g/mol. The van der Waals surface area contributed by atoms with Gasteiger partial charge in [0.15, 0.2) is 0 Å². The van der Waals surface area contributed by atoms with E-state index in [1.807, 2.05) is 50.5 Å². The van der Waals surface area contributed by atoms with Crippen LogP contribution in [0.25, 0.3) is 11.0 Å². The number of halogens is 1. The van der Waals surface area contributed by atoms with E-state index in [-0.39, 0.29) is 6.54 Å². The van der Waals surface area contributed by atoms with Crippen LogP contribution in [0.5, 0.6) is 0 Å². The fourth-order valence-corrected chi connectivity index (χ4v) is 3.33. The van der Waals surface area contributed by atoms with E-state index in [4.69, 9.17) is 4.74 Å². The van der Waals surface area contributed by atoms with Crippen LogP contribution in [-0.2, 0) is 11.3 Å². The Hall–Kier alpha value is -1.60. The number of aliphatic hydroxyl groups is 1. The van der Waals surface area contributed by atoms with Crippen molar-refractivity contribution in [2.24, 2.45) is 0 Å². The molecule has 2 aromatic rings. The van der Waals surface area contributed by atoms with Crippen LogP contribution in [0.3, 0.4) is 0 Å². The van der Waals surface area contributed by atoms with E-state index in [0.29, 0.717) is 6.54 Å². The lowest BCUT2D eigenvalue weighted by atomic mass is 10.1. The van der Waals surface area contributed by atoms with Crippen LogP contribution >= 0.6 is 15.9 Å². The Bertz CT molecular complexity index is 778. The van der Waals surface area contributed by atoms with Gasteiger partial charge in [-0.05, 0) is 62.7 Å². The summed E-state index contributed by atoms with van der Waals surface area (Å²) in [6.45, 7) is 9.51. The Morgan fingerprint density at radius 1 is 1.36 bits per heavy atom. The molecule has 0 aliphatic heterocycles. The second-order valence-corrected chi connectivity index (χ2v) is 8.54. The molecule has 7 heteroatoms. The number of carbonyl (C=O) groups is 1. The van der Waals surface area contributed by atoms with E-state index in [9.17, 15) is 9.90 Å². The third-order valence-corrected chi connectivity index (χ3v) is 4.33. The van der Waals surface area contributed by atoms with E-state index in [1.54, 1.807) is 14.0 Å². The predicted molar refractivity (Wildman–Crippen MR) is 102 cm³/mol. The Kier molecular flexibility index (Phi) is 5.49. The number of imidazole rings is 1. The minimum atomic E-state index is -1.14. The summed E-state index contributed by atoms with van der Waals surface area (Å²) in [6.07, 6.45) is -0.457. The molecule has 0 aliphatic rings. The SMILES string of the molecule is Cc1nc2cccc(Br)c2n1CC(C)(O)CN(C)C(=O)OC(C)(C)C. The maximum atomic E-state index is 12.1. The molecule has 2 rings (SSSR count). The summed E-state index contributed by atoms with van der Waals surface area (Å²) in [5, 5.41) is 10.9. The quantitative estimate of drug-likeness (QED) is 0.831. The number of hydrogen-bond acceptors (Lipinski definition) is 4. The first-order valence-electron chi connectivity index (χ1n) is 8.17. The normalized spacial score (nSPS) is 14.4. The highest BCUT2D eigenvalue weighted by molar-refractivity contribution is 9.10. The number of likely N-dealkylation sites (N-methyl/N-ethyl adjacent to an activating group) is 1. The summed E-state index contributed by atoms with van der Waals surface area (Å²) in [7, 11) is 1.62. The second-order valence-electron chi connectivity index (χ2n) is 7.69. The van der Waals surface area contributed by atoms with Crippen molar-refractivity contribution < 1.29 is 14.6 Å². The first-order chi connectivity index (χ1) is 11.4. The molecule has 1 N–H and O–H groups in total. The van der Waals surface area contributed by atoms with E-state index in [2.05, 4.69) is 20.9 Å². The molecule has 1 unspecified atom stereocenters. The van der Waals surface area contributed by atoms with Crippen molar-refractivity contribution in [1.82, 2.24) is 14.5 Å². The van der Waals surface area contributed by atoms with Gasteiger partial charge in [0, 0.05) is 11.5 Å². The molecule has 1 aromatic heterocycles. The summed E-state index contributed by atoms with van der Waals surface area (Å²) in [5.41, 5.74) is 0.0850. The molecule has 6 nitrogen and oxygen atoms in total. The van der Waals surface area contributed by atoms with Crippen molar-refractivity contribution in [3.63, 3.8) is 0 Å². The van der Waals surface area contributed by atoms with Crippen molar-refractivity contribution in [2.45, 2.75) is 52.4 Å². The number of hydrogen-bond donors (Lipinski definition) is 1. The van der Waals surface area contributed by atoms with Gasteiger partial charge in [-0.3, -0.25) is 0 Å². The topological polar surface area (TPSA) is 67.6 Å². The third-order valence-electron chi connectivity index (χ3n) is 3.69. The van der Waals surface area contributed by atoms with Crippen LogP contribution in [0, 0.1) is 6.92 Å². The maximum Gasteiger partial charge on any atom is 0.410 e. The van der Waals surface area contributed by atoms with Crippen LogP contribution in [0.4, 0.5) is 4.79 Å². The first kappa shape index (κ1) is 19.7. The molecule has 0 bridgehead atoms. The van der Waals surface area contributed by atoms with Gasteiger partial charge in [0.1, 0.15) is 11.4 Å². The van der Waals surface area contributed by atoms with E-state index < -0.39 is 17.3 Å². The van der Waals surface area contributed by atoms with Crippen LogP contribution in [0.1, 0.15) is 33.5 Å². The van der Waals surface area contributed by atoms with Crippen molar-refractivity contribution in [1.29, 1.82) is 0 Å². The number of fused-ring (bicyclic) bond motifs is 1. The lowest BCUT2D eigenvalue weighted by Crippen LogP contribution is -2.46. The molecule has 1 amide bonds. The Morgan fingerprint density at radius 3 is 2.60 bits per heavy atom. The summed E-state index contributed by atoms with van der Waals surface area (Å²) in [5.74, 6) is 0.807. The molecule has 1 atom stereocenters. The average Bonchev–Trinajstić information content (AvgIpc) is 2.73. The van der Waals surface area contributed by atoms with Gasteiger partial charge < -0.3 is 19.3 Å². The zero-order chi connectivity index (χ0) is 19.0. The summed E-state index contributed by atoms with van der Waals surface area (Å²) in [4.78, 5) is 18.1. The fraction of sp³-hybridized carbons (Fsp3) is 0.556. The van der Waals surface area contributed by atoms with Gasteiger partial charge in [-0.15, -0.1) is 0 Å². The van der Waals surface area contributed by atoms with Crippen molar-refractivity contribution in [3.8, 4) is 0 Å². The summed E-state index contributed by atoms with van der Waals surface area (Å²) < 4.78 is 8.22. The standard InChI is InChI=1S/C18H26BrN3O3/c1-12-20-14-9-7-8-13(19)15(14)22(12)11-18(5,24)10-21(6)16(23)25-17(2,3)4/h7-9,24H,10-11H2,1-6H3. The molecule has 0 saturated heterocycles. The number of rotatable bonds is 4. The largest absolute Gasteiger partial charge is 0.444 e. The first-order valence-corrected chi connectivity index (χ1v) is 8.97. The smallest absolute Gasteiger partial charge is 0.410 e. The number of aryl methyl sites for hydroxylation is 1. The number of nitrogens with zero attached hydrogens (tertiary/aromatic N) is 3. The Balaban J connectivity index is 2.19. The van der Waals surface area contributed by atoms with Crippen molar-refractivity contribution in [2.75, 3.05) is 13.6 Å². The third kappa shape index (κ3) is 4.95.